The van der Waals surface area contributed by atoms with Crippen molar-refractivity contribution in [1.29, 1.82) is 0 Å². The van der Waals surface area contributed by atoms with Gasteiger partial charge in [0.25, 0.3) is 0 Å². The van der Waals surface area contributed by atoms with E-state index in [0.717, 1.165) is 38.9 Å². The maximum Gasteiger partial charge on any atom is 0.176 e. The molecule has 0 radical (unpaired) electrons. The number of H-pyrrole nitrogens is 1. The average Bonchev–Trinajstić information content (AvgIpc) is 3.35. The number of fused-ring (bicyclic) bond motifs is 1. The third-order valence-electron chi connectivity index (χ3n) is 4.69. The first-order chi connectivity index (χ1) is 15.2. The summed E-state index contributed by atoms with van der Waals surface area (Å²) in [6.45, 7) is 0. The molecular weight excluding hydrogens is 442 g/mol. The number of hydrogen-bond donors (Lipinski definition) is 3. The van der Waals surface area contributed by atoms with E-state index < -0.39 is 0 Å². The summed E-state index contributed by atoms with van der Waals surface area (Å²) in [6, 6.07) is 27.8. The summed E-state index contributed by atoms with van der Waals surface area (Å²) < 4.78 is 2.69. The Morgan fingerprint density at radius 1 is 0.871 bits per heavy atom. The molecule has 8 heteroatoms. The van der Waals surface area contributed by atoms with Gasteiger partial charge in [-0.25, -0.2) is 4.98 Å². The standard InChI is InChI=1S/C23H17N5S3/c29-22(24-15-9-3-1-4-10-15)27-21-19(20-25-17-13-7-8-14-18(17)26-20)31-23(30)28(21)16-11-5-2-6-12-16/h1-14H,(H,25,26)(H2,24,27,29). The zero-order valence-corrected chi connectivity index (χ0v) is 18.7. The first kappa shape index (κ1) is 19.6. The second-order valence-electron chi connectivity index (χ2n) is 6.76. The van der Waals surface area contributed by atoms with Gasteiger partial charge in [-0.15, -0.1) is 0 Å². The number of nitrogens with one attached hydrogen (secondary N) is 3. The normalized spacial score (nSPS) is 10.8. The molecule has 0 unspecified atom stereocenters. The Kier molecular flexibility index (Phi) is 5.33. The molecule has 0 aliphatic rings. The van der Waals surface area contributed by atoms with Gasteiger partial charge >= 0.3 is 0 Å². The Balaban J connectivity index is 1.61. The minimum Gasteiger partial charge on any atom is -0.337 e. The highest BCUT2D eigenvalue weighted by molar-refractivity contribution is 7.80. The molecule has 0 fully saturated rings. The van der Waals surface area contributed by atoms with Crippen molar-refractivity contribution in [2.24, 2.45) is 0 Å². The van der Waals surface area contributed by atoms with E-state index in [0.29, 0.717) is 9.07 Å². The fourth-order valence-corrected chi connectivity index (χ4v) is 4.87. The average molecular weight is 460 g/mol. The second kappa shape index (κ2) is 8.43. The molecule has 0 saturated carbocycles. The minimum absolute atomic E-state index is 0.473. The number of imidazole rings is 1. The van der Waals surface area contributed by atoms with Crippen LogP contribution >= 0.6 is 35.8 Å². The van der Waals surface area contributed by atoms with E-state index in [9.17, 15) is 0 Å². The maximum atomic E-state index is 5.74. The van der Waals surface area contributed by atoms with Gasteiger partial charge in [-0.2, -0.15) is 0 Å². The predicted octanol–water partition coefficient (Wildman–Crippen LogP) is 6.62. The molecule has 5 rings (SSSR count). The summed E-state index contributed by atoms with van der Waals surface area (Å²) in [5, 5.41) is 7.06. The van der Waals surface area contributed by atoms with Crippen LogP contribution in [-0.2, 0) is 0 Å². The number of thiocarbonyl (C=S) groups is 1. The van der Waals surface area contributed by atoms with Gasteiger partial charge in [0, 0.05) is 11.4 Å². The summed E-state index contributed by atoms with van der Waals surface area (Å²) in [6.07, 6.45) is 0. The highest BCUT2D eigenvalue weighted by Gasteiger charge is 2.20. The number of benzene rings is 3. The summed E-state index contributed by atoms with van der Waals surface area (Å²) in [7, 11) is 0. The number of rotatable bonds is 4. The number of hydrogen-bond acceptors (Lipinski definition) is 4. The summed E-state index contributed by atoms with van der Waals surface area (Å²) in [5.41, 5.74) is 3.74. The molecule has 0 amide bonds. The molecule has 2 aromatic heterocycles. The molecule has 3 N–H and O–H groups in total. The van der Waals surface area contributed by atoms with E-state index in [2.05, 4.69) is 15.6 Å². The third kappa shape index (κ3) is 4.00. The third-order valence-corrected chi connectivity index (χ3v) is 6.28. The topological polar surface area (TPSA) is 57.7 Å². The van der Waals surface area contributed by atoms with Crippen LogP contribution in [0.4, 0.5) is 11.5 Å². The molecule has 0 bridgehead atoms. The van der Waals surface area contributed by atoms with Gasteiger partial charge in [0.2, 0.25) is 0 Å². The molecule has 5 nitrogen and oxygen atoms in total. The Morgan fingerprint density at radius 2 is 1.55 bits per heavy atom. The number of nitrogens with zero attached hydrogens (tertiary/aromatic N) is 2. The van der Waals surface area contributed by atoms with Gasteiger partial charge in [0.15, 0.2) is 14.9 Å². The zero-order chi connectivity index (χ0) is 21.2. The van der Waals surface area contributed by atoms with E-state index in [1.165, 1.54) is 11.3 Å². The molecular formula is C23H17N5S3. The molecule has 152 valence electrons. The van der Waals surface area contributed by atoms with Crippen molar-refractivity contribution in [3.05, 3.63) is 88.9 Å². The summed E-state index contributed by atoms with van der Waals surface area (Å²) in [4.78, 5) is 9.07. The van der Waals surface area contributed by atoms with Crippen molar-refractivity contribution in [2.45, 2.75) is 0 Å². The molecule has 5 aromatic rings. The predicted molar refractivity (Wildman–Crippen MR) is 136 cm³/mol. The smallest absolute Gasteiger partial charge is 0.176 e. The van der Waals surface area contributed by atoms with Crippen LogP contribution < -0.4 is 10.6 Å². The van der Waals surface area contributed by atoms with Crippen LogP contribution in [0.15, 0.2) is 84.9 Å². The Hall–Kier alpha value is -3.33. The summed E-state index contributed by atoms with van der Waals surface area (Å²) >= 11 is 12.8. The van der Waals surface area contributed by atoms with Crippen molar-refractivity contribution in [1.82, 2.24) is 14.5 Å². The second-order valence-corrected chi connectivity index (χ2v) is 8.82. The van der Waals surface area contributed by atoms with Crippen LogP contribution in [-0.4, -0.2) is 19.6 Å². The highest BCUT2D eigenvalue weighted by atomic mass is 32.1. The molecule has 0 saturated heterocycles. The lowest BCUT2D eigenvalue weighted by molar-refractivity contribution is 1.08. The van der Waals surface area contributed by atoms with E-state index in [-0.39, 0.29) is 0 Å². The molecule has 2 heterocycles. The van der Waals surface area contributed by atoms with Crippen molar-refractivity contribution < 1.29 is 0 Å². The fourth-order valence-electron chi connectivity index (χ4n) is 3.31. The number of thiazole rings is 1. The van der Waals surface area contributed by atoms with Crippen molar-refractivity contribution in [3.8, 4) is 16.4 Å². The van der Waals surface area contributed by atoms with E-state index in [4.69, 9.17) is 29.4 Å². The molecule has 3 aromatic carbocycles. The van der Waals surface area contributed by atoms with Crippen molar-refractivity contribution in [2.75, 3.05) is 10.6 Å². The number of para-hydroxylation sites is 4. The number of aromatic nitrogens is 3. The van der Waals surface area contributed by atoms with Crippen LogP contribution in [0.25, 0.3) is 27.4 Å². The molecule has 0 atom stereocenters. The molecule has 0 aliphatic heterocycles. The Labute approximate surface area is 193 Å². The van der Waals surface area contributed by atoms with Gasteiger partial charge in [-0.05, 0) is 60.8 Å². The van der Waals surface area contributed by atoms with Crippen LogP contribution in [0.3, 0.4) is 0 Å². The lowest BCUT2D eigenvalue weighted by atomic mass is 10.3. The first-order valence-electron chi connectivity index (χ1n) is 9.58. The lowest BCUT2D eigenvalue weighted by Crippen LogP contribution is -2.21. The largest absolute Gasteiger partial charge is 0.337 e. The quantitative estimate of drug-likeness (QED) is 0.264. The van der Waals surface area contributed by atoms with Gasteiger partial charge in [-0.1, -0.05) is 59.9 Å². The van der Waals surface area contributed by atoms with Crippen molar-refractivity contribution in [3.63, 3.8) is 0 Å². The van der Waals surface area contributed by atoms with E-state index >= 15 is 0 Å². The van der Waals surface area contributed by atoms with Crippen LogP contribution in [0.1, 0.15) is 0 Å². The number of anilines is 2. The fraction of sp³-hybridized carbons (Fsp3) is 0. The number of aromatic amines is 1. The highest BCUT2D eigenvalue weighted by Crippen LogP contribution is 2.36. The van der Waals surface area contributed by atoms with Gasteiger partial charge in [0.1, 0.15) is 10.7 Å². The van der Waals surface area contributed by atoms with Crippen LogP contribution in [0, 0.1) is 3.95 Å². The van der Waals surface area contributed by atoms with E-state index in [1.54, 1.807) is 0 Å². The maximum absolute atomic E-state index is 5.74. The molecule has 0 aliphatic carbocycles. The Morgan fingerprint density at radius 3 is 2.29 bits per heavy atom. The zero-order valence-electron chi connectivity index (χ0n) is 16.2. The van der Waals surface area contributed by atoms with Gasteiger partial charge in [0.05, 0.1) is 11.0 Å². The first-order valence-corrected chi connectivity index (χ1v) is 11.2. The monoisotopic (exact) mass is 459 g/mol. The Bertz CT molecular complexity index is 1390. The SMILES string of the molecule is S=C(Nc1ccccc1)Nc1c(-c2nc3ccccc3[nH]2)sc(=S)n1-c1ccccc1. The molecule has 0 spiro atoms. The minimum atomic E-state index is 0.473. The molecule has 31 heavy (non-hydrogen) atoms. The van der Waals surface area contributed by atoms with Crippen LogP contribution in [0.5, 0.6) is 0 Å². The summed E-state index contributed by atoms with van der Waals surface area (Å²) in [5.74, 6) is 1.52. The van der Waals surface area contributed by atoms with Crippen molar-refractivity contribution >= 4 is 63.4 Å². The van der Waals surface area contributed by atoms with E-state index in [1.807, 2.05) is 89.5 Å². The van der Waals surface area contributed by atoms with Crippen LogP contribution in [0.2, 0.25) is 0 Å². The van der Waals surface area contributed by atoms with Gasteiger partial charge in [-0.3, -0.25) is 4.57 Å². The van der Waals surface area contributed by atoms with Gasteiger partial charge < -0.3 is 15.6 Å². The lowest BCUT2D eigenvalue weighted by Gasteiger charge is -2.14.